The van der Waals surface area contributed by atoms with E-state index in [2.05, 4.69) is 27.4 Å². The van der Waals surface area contributed by atoms with E-state index >= 15 is 0 Å². The number of aromatic nitrogens is 3. The number of hydrogen-bond acceptors (Lipinski definition) is 5. The molecule has 0 fully saturated rings. The lowest BCUT2D eigenvalue weighted by atomic mass is 10.1. The Labute approximate surface area is 117 Å². The van der Waals surface area contributed by atoms with E-state index in [-0.39, 0.29) is 0 Å². The van der Waals surface area contributed by atoms with Crippen LogP contribution in [0.2, 0.25) is 0 Å². The summed E-state index contributed by atoms with van der Waals surface area (Å²) < 4.78 is 5.27. The highest BCUT2D eigenvalue weighted by molar-refractivity contribution is 5.92. The van der Waals surface area contributed by atoms with Gasteiger partial charge in [0.2, 0.25) is 11.7 Å². The average Bonchev–Trinajstić information content (AvgIpc) is 2.96. The number of rotatable bonds is 5. The Morgan fingerprint density at radius 3 is 3.00 bits per heavy atom. The molecule has 2 aromatic heterocycles. The highest BCUT2D eigenvalue weighted by atomic mass is 16.5. The van der Waals surface area contributed by atoms with Crippen molar-refractivity contribution in [3.05, 3.63) is 42.4 Å². The standard InChI is InChI=1S/C15H16N4O/c1-2-16-9-8-13-18-15(19-20-13)14-12-6-4-3-5-11(12)7-10-17-14/h3-7,10,16H,2,8-9H2,1H3. The Morgan fingerprint density at radius 1 is 1.20 bits per heavy atom. The molecule has 0 spiro atoms. The van der Waals surface area contributed by atoms with Crippen molar-refractivity contribution < 1.29 is 4.52 Å². The van der Waals surface area contributed by atoms with Gasteiger partial charge in [0.05, 0.1) is 0 Å². The maximum absolute atomic E-state index is 5.27. The van der Waals surface area contributed by atoms with E-state index in [1.165, 1.54) is 0 Å². The van der Waals surface area contributed by atoms with Gasteiger partial charge >= 0.3 is 0 Å². The molecule has 0 bridgehead atoms. The van der Waals surface area contributed by atoms with Crippen LogP contribution in [0.3, 0.4) is 0 Å². The smallest absolute Gasteiger partial charge is 0.228 e. The normalized spacial score (nSPS) is 11.1. The molecule has 5 heteroatoms. The zero-order valence-corrected chi connectivity index (χ0v) is 11.3. The summed E-state index contributed by atoms with van der Waals surface area (Å²) >= 11 is 0. The van der Waals surface area contributed by atoms with Gasteiger partial charge in [-0.3, -0.25) is 4.98 Å². The van der Waals surface area contributed by atoms with Gasteiger partial charge in [0, 0.05) is 24.5 Å². The minimum absolute atomic E-state index is 0.549. The van der Waals surface area contributed by atoms with Crippen molar-refractivity contribution in [2.75, 3.05) is 13.1 Å². The summed E-state index contributed by atoms with van der Waals surface area (Å²) in [6, 6.07) is 10.0. The van der Waals surface area contributed by atoms with Crippen LogP contribution in [-0.2, 0) is 6.42 Å². The Balaban J connectivity index is 1.91. The highest BCUT2D eigenvalue weighted by Crippen LogP contribution is 2.23. The summed E-state index contributed by atoms with van der Waals surface area (Å²) in [4.78, 5) is 8.81. The first kappa shape index (κ1) is 12.7. The lowest BCUT2D eigenvalue weighted by Gasteiger charge is -2.00. The summed E-state index contributed by atoms with van der Waals surface area (Å²) in [6.45, 7) is 3.84. The van der Waals surface area contributed by atoms with Crippen molar-refractivity contribution in [2.45, 2.75) is 13.3 Å². The van der Waals surface area contributed by atoms with E-state index in [1.807, 2.05) is 30.3 Å². The van der Waals surface area contributed by atoms with E-state index in [4.69, 9.17) is 4.52 Å². The molecular weight excluding hydrogens is 252 g/mol. The number of benzene rings is 1. The summed E-state index contributed by atoms with van der Waals surface area (Å²) in [6.07, 6.45) is 2.50. The fourth-order valence-corrected chi connectivity index (χ4v) is 2.12. The molecule has 0 saturated heterocycles. The Bertz CT molecular complexity index is 702. The Morgan fingerprint density at radius 2 is 2.10 bits per heavy atom. The molecule has 102 valence electrons. The fourth-order valence-electron chi connectivity index (χ4n) is 2.12. The summed E-state index contributed by atoms with van der Waals surface area (Å²) in [5.41, 5.74) is 0.765. The van der Waals surface area contributed by atoms with Crippen molar-refractivity contribution in [1.29, 1.82) is 0 Å². The zero-order valence-electron chi connectivity index (χ0n) is 11.3. The van der Waals surface area contributed by atoms with Crippen LogP contribution >= 0.6 is 0 Å². The fraction of sp³-hybridized carbons (Fsp3) is 0.267. The van der Waals surface area contributed by atoms with Gasteiger partial charge in [-0.25, -0.2) is 0 Å². The van der Waals surface area contributed by atoms with Gasteiger partial charge in [-0.15, -0.1) is 0 Å². The van der Waals surface area contributed by atoms with Gasteiger partial charge in [-0.05, 0) is 18.0 Å². The highest BCUT2D eigenvalue weighted by Gasteiger charge is 2.12. The largest absolute Gasteiger partial charge is 0.339 e. The van der Waals surface area contributed by atoms with Crippen LogP contribution in [-0.4, -0.2) is 28.2 Å². The predicted molar refractivity (Wildman–Crippen MR) is 77.3 cm³/mol. The second-order valence-electron chi connectivity index (χ2n) is 4.50. The third kappa shape index (κ3) is 2.53. The van der Waals surface area contributed by atoms with Gasteiger partial charge in [-0.2, -0.15) is 4.98 Å². The second-order valence-corrected chi connectivity index (χ2v) is 4.50. The van der Waals surface area contributed by atoms with Crippen molar-refractivity contribution in [2.24, 2.45) is 0 Å². The average molecular weight is 268 g/mol. The van der Waals surface area contributed by atoms with E-state index in [0.29, 0.717) is 11.7 Å². The van der Waals surface area contributed by atoms with Gasteiger partial charge < -0.3 is 9.84 Å². The molecular formula is C15H16N4O. The first-order valence-electron chi connectivity index (χ1n) is 6.76. The minimum atomic E-state index is 0.549. The monoisotopic (exact) mass is 268 g/mol. The SMILES string of the molecule is CCNCCc1nc(-c2nccc3ccccc23)no1. The number of nitrogens with one attached hydrogen (secondary N) is 1. The Kier molecular flexibility index (Phi) is 3.69. The zero-order chi connectivity index (χ0) is 13.8. The number of hydrogen-bond donors (Lipinski definition) is 1. The number of likely N-dealkylation sites (N-methyl/N-ethyl adjacent to an activating group) is 1. The maximum Gasteiger partial charge on any atom is 0.228 e. The van der Waals surface area contributed by atoms with E-state index in [0.717, 1.165) is 36.0 Å². The summed E-state index contributed by atoms with van der Waals surface area (Å²) in [7, 11) is 0. The van der Waals surface area contributed by atoms with Crippen LogP contribution in [0, 0.1) is 0 Å². The molecule has 0 aliphatic heterocycles. The van der Waals surface area contributed by atoms with Crippen LogP contribution < -0.4 is 5.32 Å². The maximum atomic E-state index is 5.27. The number of nitrogens with zero attached hydrogens (tertiary/aromatic N) is 3. The van der Waals surface area contributed by atoms with Crippen LogP contribution in [0.15, 0.2) is 41.1 Å². The van der Waals surface area contributed by atoms with Crippen LogP contribution in [0.25, 0.3) is 22.3 Å². The minimum Gasteiger partial charge on any atom is -0.339 e. The quantitative estimate of drug-likeness (QED) is 0.720. The molecule has 3 rings (SSSR count). The molecule has 0 saturated carbocycles. The number of fused-ring (bicyclic) bond motifs is 1. The molecule has 0 atom stereocenters. The first-order chi connectivity index (χ1) is 9.88. The third-order valence-electron chi connectivity index (χ3n) is 3.12. The van der Waals surface area contributed by atoms with Crippen molar-refractivity contribution in [1.82, 2.24) is 20.4 Å². The Hall–Kier alpha value is -2.27. The van der Waals surface area contributed by atoms with Crippen molar-refractivity contribution >= 4 is 10.8 Å². The lowest BCUT2D eigenvalue weighted by Crippen LogP contribution is -2.16. The molecule has 0 aliphatic rings. The molecule has 0 unspecified atom stereocenters. The van der Waals surface area contributed by atoms with Crippen LogP contribution in [0.1, 0.15) is 12.8 Å². The van der Waals surface area contributed by atoms with Crippen LogP contribution in [0.4, 0.5) is 0 Å². The summed E-state index contributed by atoms with van der Waals surface area (Å²) in [5, 5.41) is 9.43. The summed E-state index contributed by atoms with van der Waals surface area (Å²) in [5.74, 6) is 1.18. The van der Waals surface area contributed by atoms with Crippen molar-refractivity contribution in [3.8, 4) is 11.5 Å². The van der Waals surface area contributed by atoms with Gasteiger partial charge in [-0.1, -0.05) is 36.3 Å². The van der Waals surface area contributed by atoms with E-state index in [9.17, 15) is 0 Å². The topological polar surface area (TPSA) is 63.8 Å². The van der Waals surface area contributed by atoms with Crippen molar-refractivity contribution in [3.63, 3.8) is 0 Å². The number of pyridine rings is 1. The molecule has 0 amide bonds. The molecule has 20 heavy (non-hydrogen) atoms. The lowest BCUT2D eigenvalue weighted by molar-refractivity contribution is 0.376. The van der Waals surface area contributed by atoms with Crippen LogP contribution in [0.5, 0.6) is 0 Å². The van der Waals surface area contributed by atoms with Gasteiger partial charge in [0.15, 0.2) is 0 Å². The molecule has 5 nitrogen and oxygen atoms in total. The predicted octanol–water partition coefficient (Wildman–Crippen LogP) is 2.44. The molecule has 0 aliphatic carbocycles. The molecule has 3 aromatic rings. The molecule has 1 aromatic carbocycles. The molecule has 2 heterocycles. The molecule has 1 N–H and O–H groups in total. The van der Waals surface area contributed by atoms with E-state index in [1.54, 1.807) is 6.20 Å². The molecule has 0 radical (unpaired) electrons. The second kappa shape index (κ2) is 5.79. The first-order valence-corrected chi connectivity index (χ1v) is 6.76. The third-order valence-corrected chi connectivity index (χ3v) is 3.12. The van der Waals surface area contributed by atoms with Gasteiger partial charge in [0.1, 0.15) is 5.69 Å². The van der Waals surface area contributed by atoms with E-state index < -0.39 is 0 Å². The van der Waals surface area contributed by atoms with Gasteiger partial charge in [0.25, 0.3) is 0 Å².